The maximum Gasteiger partial charge on any atom is 0 e. The Kier molecular flexibility index (Phi) is 1.92. The van der Waals surface area contributed by atoms with Gasteiger partial charge in [0.05, 0.1) is 0 Å². The van der Waals surface area contributed by atoms with E-state index in [-0.39, 0.29) is 21.1 Å². The molecular weight excluding hydrogens is 268 g/mol. The van der Waals surface area contributed by atoms with E-state index in [2.05, 4.69) is 18.6 Å². The van der Waals surface area contributed by atoms with Crippen molar-refractivity contribution in [3.63, 3.8) is 0 Å². The van der Waals surface area contributed by atoms with Gasteiger partial charge in [0.15, 0.2) is 0 Å². The molecule has 0 nitrogen and oxygen atoms in total. The van der Waals surface area contributed by atoms with E-state index in [4.69, 9.17) is 0 Å². The molecule has 0 aromatic carbocycles. The maximum atomic E-state index is 2.42. The predicted molar refractivity (Wildman–Crippen MR) is 29.7 cm³/mol. The number of hydrogen-bond donors (Lipinski definition) is 0. The Morgan fingerprint density at radius 3 is 2.38 bits per heavy atom. The van der Waals surface area contributed by atoms with Crippen molar-refractivity contribution in [1.82, 2.24) is 0 Å². The van der Waals surface area contributed by atoms with Gasteiger partial charge in [-0.25, -0.2) is 0 Å². The normalized spacial score (nSPS) is 40.0. The Balaban J connectivity index is 0.000000320. The van der Waals surface area contributed by atoms with E-state index in [9.17, 15) is 0 Å². The van der Waals surface area contributed by atoms with Gasteiger partial charge in [-0.15, -0.1) is 12.0 Å². The second-order valence-corrected chi connectivity index (χ2v) is 2.52. The molecule has 2 aliphatic rings. The molecule has 1 heteroatoms. The van der Waals surface area contributed by atoms with E-state index in [0.717, 1.165) is 11.8 Å². The Morgan fingerprint density at radius 2 is 2.25 bits per heavy atom. The summed E-state index contributed by atoms with van der Waals surface area (Å²) in [5.74, 6) is 1.80. The fourth-order valence-electron chi connectivity index (χ4n) is 1.51. The summed E-state index contributed by atoms with van der Waals surface area (Å²) in [5.41, 5.74) is 0. The first-order valence-electron chi connectivity index (χ1n) is 2.97. The van der Waals surface area contributed by atoms with E-state index < -0.39 is 0 Å². The van der Waals surface area contributed by atoms with Crippen LogP contribution in [-0.2, 0) is 21.1 Å². The molecule has 2 rings (SSSR count). The summed E-state index contributed by atoms with van der Waals surface area (Å²) in [6.07, 6.45) is 9.87. The van der Waals surface area contributed by atoms with E-state index in [0.29, 0.717) is 0 Å². The molecular formula is C7H9W-. The van der Waals surface area contributed by atoms with Crippen molar-refractivity contribution in [3.8, 4) is 0 Å². The van der Waals surface area contributed by atoms with Crippen molar-refractivity contribution < 1.29 is 21.1 Å². The van der Waals surface area contributed by atoms with Gasteiger partial charge < -0.3 is 6.42 Å². The van der Waals surface area contributed by atoms with Crippen LogP contribution in [0, 0.1) is 18.3 Å². The average molecular weight is 277 g/mol. The van der Waals surface area contributed by atoms with Gasteiger partial charge in [-0.1, -0.05) is 18.4 Å². The molecule has 1 saturated carbocycles. The average Bonchev–Trinajstić information content (AvgIpc) is 2.22. The first kappa shape index (κ1) is 6.55. The summed E-state index contributed by atoms with van der Waals surface area (Å²) in [6.45, 7) is 0. The molecule has 44 valence electrons. The second kappa shape index (κ2) is 2.35. The fourth-order valence-corrected chi connectivity index (χ4v) is 1.51. The van der Waals surface area contributed by atoms with Crippen LogP contribution in [0.4, 0.5) is 0 Å². The van der Waals surface area contributed by atoms with Crippen molar-refractivity contribution in [2.45, 2.75) is 12.8 Å². The summed E-state index contributed by atoms with van der Waals surface area (Å²) in [6, 6.07) is 0. The zero-order valence-electron chi connectivity index (χ0n) is 4.71. The first-order valence-corrected chi connectivity index (χ1v) is 2.97. The minimum atomic E-state index is 0. The van der Waals surface area contributed by atoms with Crippen LogP contribution < -0.4 is 0 Å². The van der Waals surface area contributed by atoms with E-state index >= 15 is 0 Å². The largest absolute Gasteiger partial charge is 0.321 e. The van der Waals surface area contributed by atoms with Crippen LogP contribution in [0.2, 0.25) is 0 Å². The van der Waals surface area contributed by atoms with Gasteiger partial charge in [0.2, 0.25) is 0 Å². The van der Waals surface area contributed by atoms with Gasteiger partial charge >= 0.3 is 0 Å². The number of hydrogen-bond acceptors (Lipinski definition) is 0. The van der Waals surface area contributed by atoms with Crippen LogP contribution in [0.1, 0.15) is 12.8 Å². The third kappa shape index (κ3) is 0.910. The van der Waals surface area contributed by atoms with Crippen LogP contribution in [0.15, 0.2) is 12.2 Å². The van der Waals surface area contributed by atoms with E-state index in [1.54, 1.807) is 0 Å². The molecule has 0 saturated heterocycles. The molecule has 0 aromatic heterocycles. The molecule has 2 atom stereocenters. The van der Waals surface area contributed by atoms with Crippen LogP contribution in [0.5, 0.6) is 0 Å². The first-order chi connectivity index (χ1) is 3.45. The van der Waals surface area contributed by atoms with Gasteiger partial charge in [0.1, 0.15) is 0 Å². The summed E-state index contributed by atoms with van der Waals surface area (Å²) in [7, 11) is 0. The predicted octanol–water partition coefficient (Wildman–Crippen LogP) is 1.78. The van der Waals surface area contributed by atoms with Crippen LogP contribution in [0.3, 0.4) is 0 Å². The Labute approximate surface area is 64.6 Å². The number of allylic oxidation sites excluding steroid dienone is 2. The monoisotopic (exact) mass is 277 g/mol. The zero-order valence-corrected chi connectivity index (χ0v) is 7.64. The zero-order chi connectivity index (χ0) is 4.69. The maximum absolute atomic E-state index is 2.42. The molecule has 0 amide bonds. The molecule has 2 aliphatic carbocycles. The van der Waals surface area contributed by atoms with Crippen molar-refractivity contribution in [1.29, 1.82) is 0 Å². The summed E-state index contributed by atoms with van der Waals surface area (Å²) in [5, 5.41) is 0. The third-order valence-electron chi connectivity index (χ3n) is 1.95. The molecule has 0 N–H and O–H groups in total. The molecule has 0 radical (unpaired) electrons. The minimum Gasteiger partial charge on any atom is -0.321 e. The number of rotatable bonds is 0. The topological polar surface area (TPSA) is 0 Å². The standard InChI is InChI=1S/C7H9.W/c1-2-7-4-3-6(1)5-7;/h1-3,6-7H,4-5H2;/q-1;. The van der Waals surface area contributed by atoms with Crippen molar-refractivity contribution in [2.75, 3.05) is 0 Å². The Bertz CT molecular complexity index is 95.0. The molecule has 2 bridgehead atoms. The van der Waals surface area contributed by atoms with Crippen LogP contribution in [-0.4, -0.2) is 0 Å². The third-order valence-corrected chi connectivity index (χ3v) is 1.95. The Morgan fingerprint density at radius 1 is 1.38 bits per heavy atom. The number of fused-ring (bicyclic) bond motifs is 2. The second-order valence-electron chi connectivity index (χ2n) is 2.52. The summed E-state index contributed by atoms with van der Waals surface area (Å²) in [4.78, 5) is 0. The SMILES string of the molecule is C1=CC2C[CH-]C1C2.[W]. The van der Waals surface area contributed by atoms with E-state index in [1.807, 2.05) is 0 Å². The molecule has 0 aromatic rings. The minimum absolute atomic E-state index is 0. The quantitative estimate of drug-likeness (QED) is 0.467. The summed E-state index contributed by atoms with van der Waals surface area (Å²) < 4.78 is 0. The van der Waals surface area contributed by atoms with Gasteiger partial charge in [0, 0.05) is 21.1 Å². The van der Waals surface area contributed by atoms with Crippen molar-refractivity contribution in [3.05, 3.63) is 18.6 Å². The van der Waals surface area contributed by atoms with Gasteiger partial charge in [-0.2, -0.15) is 6.42 Å². The van der Waals surface area contributed by atoms with Crippen molar-refractivity contribution >= 4 is 0 Å². The smallest absolute Gasteiger partial charge is 0 e. The van der Waals surface area contributed by atoms with Gasteiger partial charge in [-0.3, -0.25) is 0 Å². The molecule has 0 aliphatic heterocycles. The molecule has 2 unspecified atom stereocenters. The van der Waals surface area contributed by atoms with Crippen LogP contribution >= 0.6 is 0 Å². The molecule has 0 spiro atoms. The van der Waals surface area contributed by atoms with Crippen LogP contribution in [0.25, 0.3) is 0 Å². The Hall–Kier alpha value is 0.428. The molecule has 0 heterocycles. The fraction of sp³-hybridized carbons (Fsp3) is 0.571. The molecule has 1 fully saturated rings. The molecule has 8 heavy (non-hydrogen) atoms. The van der Waals surface area contributed by atoms with Gasteiger partial charge in [0.25, 0.3) is 0 Å². The van der Waals surface area contributed by atoms with E-state index in [1.165, 1.54) is 12.8 Å². The van der Waals surface area contributed by atoms with Gasteiger partial charge in [-0.05, 0) is 0 Å². The van der Waals surface area contributed by atoms with Crippen molar-refractivity contribution in [2.24, 2.45) is 11.8 Å². The summed E-state index contributed by atoms with van der Waals surface area (Å²) >= 11 is 0.